The van der Waals surface area contributed by atoms with Crippen molar-refractivity contribution in [2.24, 2.45) is 21.1 Å². The lowest BCUT2D eigenvalue weighted by molar-refractivity contribution is -0.128. The summed E-state index contributed by atoms with van der Waals surface area (Å²) in [6.45, 7) is 10.1. The highest BCUT2D eigenvalue weighted by atomic mass is 16.2. The van der Waals surface area contributed by atoms with Crippen LogP contribution in [0.1, 0.15) is 26.3 Å². The molecule has 1 atom stereocenters. The molecule has 3 rings (SSSR count). The summed E-state index contributed by atoms with van der Waals surface area (Å²) < 4.78 is 0. The van der Waals surface area contributed by atoms with Crippen LogP contribution in [-0.2, 0) is 4.79 Å². The smallest absolute Gasteiger partial charge is 0.226 e. The molecule has 1 aromatic rings. The van der Waals surface area contributed by atoms with Gasteiger partial charge >= 0.3 is 0 Å². The van der Waals surface area contributed by atoms with E-state index in [1.54, 1.807) is 0 Å². The van der Waals surface area contributed by atoms with E-state index in [0.29, 0.717) is 13.1 Å². The Bertz CT molecular complexity index is 901. The predicted octanol–water partition coefficient (Wildman–Crippen LogP) is 1.34. The van der Waals surface area contributed by atoms with Gasteiger partial charge < -0.3 is 21.3 Å². The lowest BCUT2D eigenvalue weighted by atomic mass is 9.93. The van der Waals surface area contributed by atoms with Crippen LogP contribution in [0, 0.1) is 5.41 Å². The highest BCUT2D eigenvalue weighted by Gasteiger charge is 2.31. The topological polar surface area (TPSA) is 98.3 Å². The molecule has 2 aliphatic rings. The molecule has 8 heteroatoms. The summed E-state index contributed by atoms with van der Waals surface area (Å²) in [5.74, 6) is 0.919. The van der Waals surface area contributed by atoms with E-state index < -0.39 is 5.41 Å². The van der Waals surface area contributed by atoms with Crippen molar-refractivity contribution in [1.82, 2.24) is 15.5 Å². The SMILES string of the molecule is CCN(CCNC(=O)C(C)(C)CN)c1ccc(C2=CC3=NCCN(C)C3C(NC)=N2)cc1. The third-order valence-corrected chi connectivity index (χ3v) is 6.21. The van der Waals surface area contributed by atoms with Crippen molar-refractivity contribution in [1.29, 1.82) is 0 Å². The normalized spacial score (nSPS) is 18.8. The predicted molar refractivity (Wildman–Crippen MR) is 133 cm³/mol. The third-order valence-electron chi connectivity index (χ3n) is 6.21. The molecule has 1 amide bonds. The van der Waals surface area contributed by atoms with Gasteiger partial charge in [0.25, 0.3) is 0 Å². The van der Waals surface area contributed by atoms with Crippen molar-refractivity contribution in [3.63, 3.8) is 0 Å². The molecule has 32 heavy (non-hydrogen) atoms. The van der Waals surface area contributed by atoms with Crippen LogP contribution in [0.15, 0.2) is 40.3 Å². The molecular formula is C24H37N7O. The number of nitrogens with one attached hydrogen (secondary N) is 2. The molecule has 174 valence electrons. The summed E-state index contributed by atoms with van der Waals surface area (Å²) in [5, 5.41) is 6.26. The molecule has 0 bridgehead atoms. The number of aliphatic imine (C=N–C) groups is 2. The second kappa shape index (κ2) is 10.3. The highest BCUT2D eigenvalue weighted by Crippen LogP contribution is 2.26. The maximum Gasteiger partial charge on any atom is 0.226 e. The van der Waals surface area contributed by atoms with Crippen molar-refractivity contribution in [2.45, 2.75) is 26.8 Å². The Kier molecular flexibility index (Phi) is 7.69. The number of hydrogen-bond acceptors (Lipinski definition) is 7. The number of carbonyl (C=O) groups is 1. The van der Waals surface area contributed by atoms with Crippen LogP contribution < -0.4 is 21.3 Å². The Morgan fingerprint density at radius 1 is 1.31 bits per heavy atom. The van der Waals surface area contributed by atoms with Gasteiger partial charge in [-0.15, -0.1) is 0 Å². The van der Waals surface area contributed by atoms with Crippen molar-refractivity contribution >= 4 is 28.8 Å². The molecule has 2 aliphatic heterocycles. The summed E-state index contributed by atoms with van der Waals surface area (Å²) in [6.07, 6.45) is 2.10. The molecule has 0 saturated carbocycles. The number of carbonyl (C=O) groups excluding carboxylic acids is 1. The van der Waals surface area contributed by atoms with Crippen LogP contribution in [0.3, 0.4) is 0 Å². The van der Waals surface area contributed by atoms with E-state index in [1.807, 2.05) is 20.9 Å². The molecule has 0 aromatic heterocycles. The molecule has 2 heterocycles. The molecule has 0 spiro atoms. The second-order valence-corrected chi connectivity index (χ2v) is 8.94. The summed E-state index contributed by atoms with van der Waals surface area (Å²) in [4.78, 5) is 26.4. The first-order valence-electron chi connectivity index (χ1n) is 11.4. The maximum atomic E-state index is 12.2. The van der Waals surface area contributed by atoms with E-state index >= 15 is 0 Å². The van der Waals surface area contributed by atoms with Crippen LogP contribution in [0.25, 0.3) is 5.70 Å². The molecule has 0 fully saturated rings. The van der Waals surface area contributed by atoms with E-state index in [0.717, 1.165) is 54.7 Å². The number of rotatable bonds is 8. The van der Waals surface area contributed by atoms with E-state index in [1.165, 1.54) is 0 Å². The molecule has 8 nitrogen and oxygen atoms in total. The molecule has 0 saturated heterocycles. The number of hydrogen-bond donors (Lipinski definition) is 3. The number of amides is 1. The first-order valence-corrected chi connectivity index (χ1v) is 11.4. The Labute approximate surface area is 191 Å². The summed E-state index contributed by atoms with van der Waals surface area (Å²) in [7, 11) is 4.02. The van der Waals surface area contributed by atoms with Gasteiger partial charge in [0.1, 0.15) is 11.9 Å². The number of nitrogens with two attached hydrogens (primary N) is 1. The number of benzene rings is 1. The Hall–Kier alpha value is -2.71. The zero-order chi connectivity index (χ0) is 23.3. The number of nitrogens with zero attached hydrogens (tertiary/aromatic N) is 4. The Morgan fingerprint density at radius 3 is 2.66 bits per heavy atom. The van der Waals surface area contributed by atoms with Gasteiger partial charge in [-0.2, -0.15) is 0 Å². The lowest BCUT2D eigenvalue weighted by Crippen LogP contribution is -2.53. The van der Waals surface area contributed by atoms with Gasteiger partial charge in [0.15, 0.2) is 0 Å². The maximum absolute atomic E-state index is 12.2. The Balaban J connectivity index is 1.69. The molecular weight excluding hydrogens is 402 g/mol. The van der Waals surface area contributed by atoms with Crippen molar-refractivity contribution in [3.8, 4) is 0 Å². The summed E-state index contributed by atoms with van der Waals surface area (Å²) in [6, 6.07) is 8.53. The third kappa shape index (κ3) is 5.19. The van der Waals surface area contributed by atoms with Crippen LogP contribution in [0.2, 0.25) is 0 Å². The first kappa shape index (κ1) is 23.9. The van der Waals surface area contributed by atoms with Gasteiger partial charge in [-0.3, -0.25) is 14.7 Å². The fourth-order valence-corrected chi connectivity index (χ4v) is 3.90. The van der Waals surface area contributed by atoms with Crippen molar-refractivity contribution < 1.29 is 4.79 Å². The van der Waals surface area contributed by atoms with Crippen LogP contribution in [0.4, 0.5) is 5.69 Å². The fourth-order valence-electron chi connectivity index (χ4n) is 3.90. The summed E-state index contributed by atoms with van der Waals surface area (Å²) in [5.41, 5.74) is 9.30. The standard InChI is InChI=1S/C24H37N7O/c1-6-31(14-12-28-23(32)24(2,3)16-25)18-9-7-17(8-10-18)19-15-20-21(22(26-4)29-19)30(5)13-11-27-20/h7-10,15,21H,6,11-14,16,25H2,1-5H3,(H,26,29)(H,28,32). The van der Waals surface area contributed by atoms with Crippen LogP contribution in [0.5, 0.6) is 0 Å². The monoisotopic (exact) mass is 439 g/mol. The minimum absolute atomic E-state index is 0.0107. The first-order chi connectivity index (χ1) is 15.3. The average molecular weight is 440 g/mol. The molecule has 1 aromatic carbocycles. The van der Waals surface area contributed by atoms with Crippen LogP contribution >= 0.6 is 0 Å². The summed E-state index contributed by atoms with van der Waals surface area (Å²) >= 11 is 0. The van der Waals surface area contributed by atoms with Gasteiger partial charge in [0, 0.05) is 51.0 Å². The van der Waals surface area contributed by atoms with Gasteiger partial charge in [-0.25, -0.2) is 4.99 Å². The Morgan fingerprint density at radius 2 is 2.03 bits per heavy atom. The van der Waals surface area contributed by atoms with E-state index in [-0.39, 0.29) is 11.9 Å². The number of fused-ring (bicyclic) bond motifs is 1. The van der Waals surface area contributed by atoms with E-state index in [2.05, 4.69) is 64.7 Å². The zero-order valence-electron chi connectivity index (χ0n) is 20.0. The number of amidine groups is 1. The van der Waals surface area contributed by atoms with E-state index in [9.17, 15) is 4.79 Å². The number of anilines is 1. The second-order valence-electron chi connectivity index (χ2n) is 8.94. The van der Waals surface area contributed by atoms with Crippen molar-refractivity contribution in [2.75, 3.05) is 58.3 Å². The van der Waals surface area contributed by atoms with Gasteiger partial charge in [0.05, 0.1) is 23.4 Å². The zero-order valence-corrected chi connectivity index (χ0v) is 20.0. The molecule has 4 N–H and O–H groups in total. The van der Waals surface area contributed by atoms with Gasteiger partial charge in [0.2, 0.25) is 5.91 Å². The quantitative estimate of drug-likeness (QED) is 0.568. The minimum Gasteiger partial charge on any atom is -0.375 e. The lowest BCUT2D eigenvalue weighted by Gasteiger charge is -2.34. The minimum atomic E-state index is -0.546. The fraction of sp³-hybridized carbons (Fsp3) is 0.542. The van der Waals surface area contributed by atoms with Gasteiger partial charge in [-0.1, -0.05) is 12.1 Å². The highest BCUT2D eigenvalue weighted by molar-refractivity contribution is 6.21. The van der Waals surface area contributed by atoms with E-state index in [4.69, 9.17) is 15.7 Å². The van der Waals surface area contributed by atoms with Crippen molar-refractivity contribution in [3.05, 3.63) is 35.9 Å². The van der Waals surface area contributed by atoms with Gasteiger partial charge in [-0.05, 0) is 46.0 Å². The average Bonchev–Trinajstić information content (AvgIpc) is 2.81. The van der Waals surface area contributed by atoms with Crippen LogP contribution in [-0.4, -0.2) is 81.8 Å². The number of likely N-dealkylation sites (N-methyl/N-ethyl adjacent to an activating group) is 3. The largest absolute Gasteiger partial charge is 0.375 e. The molecule has 0 aliphatic carbocycles. The molecule has 1 unspecified atom stereocenters. The molecule has 0 radical (unpaired) electrons.